The van der Waals surface area contributed by atoms with Gasteiger partial charge in [-0.05, 0) is 38.6 Å². The van der Waals surface area contributed by atoms with Crippen molar-refractivity contribution in [1.29, 1.82) is 5.26 Å². The van der Waals surface area contributed by atoms with Crippen molar-refractivity contribution in [2.75, 3.05) is 6.54 Å². The third-order valence-corrected chi connectivity index (χ3v) is 4.47. The lowest BCUT2D eigenvalue weighted by Gasteiger charge is -2.36. The SMILES string of the molecule is CCC1CCCCCN1C1CCCC1C#N. The molecule has 2 fully saturated rings. The van der Waals surface area contributed by atoms with E-state index in [0.29, 0.717) is 12.0 Å². The normalized spacial score (nSPS) is 36.9. The Morgan fingerprint density at radius 1 is 1.12 bits per heavy atom. The lowest BCUT2D eigenvalue weighted by Crippen LogP contribution is -2.44. The lowest BCUT2D eigenvalue weighted by molar-refractivity contribution is 0.119. The monoisotopic (exact) mass is 220 g/mol. The van der Waals surface area contributed by atoms with E-state index in [2.05, 4.69) is 17.9 Å². The summed E-state index contributed by atoms with van der Waals surface area (Å²) in [6, 6.07) is 3.86. The van der Waals surface area contributed by atoms with E-state index in [-0.39, 0.29) is 0 Å². The molecule has 0 aromatic heterocycles. The van der Waals surface area contributed by atoms with Crippen LogP contribution in [-0.4, -0.2) is 23.5 Å². The van der Waals surface area contributed by atoms with E-state index in [1.54, 1.807) is 0 Å². The Kier molecular flexibility index (Phi) is 4.23. The zero-order chi connectivity index (χ0) is 11.4. The van der Waals surface area contributed by atoms with Crippen molar-refractivity contribution >= 4 is 0 Å². The summed E-state index contributed by atoms with van der Waals surface area (Å²) in [5.74, 6) is 0.312. The van der Waals surface area contributed by atoms with Crippen LogP contribution in [0.15, 0.2) is 0 Å². The van der Waals surface area contributed by atoms with Crippen molar-refractivity contribution < 1.29 is 0 Å². The van der Waals surface area contributed by atoms with E-state index >= 15 is 0 Å². The van der Waals surface area contributed by atoms with Gasteiger partial charge in [0.1, 0.15) is 0 Å². The molecular formula is C14H24N2. The summed E-state index contributed by atoms with van der Waals surface area (Å²) < 4.78 is 0. The Balaban J connectivity index is 2.06. The molecule has 1 aliphatic heterocycles. The largest absolute Gasteiger partial charge is 0.296 e. The van der Waals surface area contributed by atoms with Crippen LogP contribution in [0, 0.1) is 17.2 Å². The van der Waals surface area contributed by atoms with Crippen molar-refractivity contribution in [3.8, 4) is 6.07 Å². The average Bonchev–Trinajstić information content (AvgIpc) is 2.66. The summed E-state index contributed by atoms with van der Waals surface area (Å²) in [6.07, 6.45) is 10.4. The van der Waals surface area contributed by atoms with Gasteiger partial charge in [0, 0.05) is 12.1 Å². The standard InChI is InChI=1S/C14H24N2/c1-2-13-8-4-3-5-10-16(13)14-9-6-7-12(14)11-15/h12-14H,2-10H2,1H3. The maximum atomic E-state index is 9.22. The maximum absolute atomic E-state index is 9.22. The number of likely N-dealkylation sites (tertiary alicyclic amines) is 1. The molecular weight excluding hydrogens is 196 g/mol. The van der Waals surface area contributed by atoms with Crippen LogP contribution in [0.25, 0.3) is 0 Å². The number of nitriles is 1. The van der Waals surface area contributed by atoms with Gasteiger partial charge >= 0.3 is 0 Å². The van der Waals surface area contributed by atoms with Crippen LogP contribution in [0.1, 0.15) is 58.3 Å². The molecule has 0 N–H and O–H groups in total. The molecule has 1 aliphatic carbocycles. The second kappa shape index (κ2) is 5.68. The van der Waals surface area contributed by atoms with Crippen LogP contribution >= 0.6 is 0 Å². The maximum Gasteiger partial charge on any atom is 0.0672 e. The average molecular weight is 220 g/mol. The quantitative estimate of drug-likeness (QED) is 0.713. The molecule has 3 atom stereocenters. The molecule has 2 heteroatoms. The van der Waals surface area contributed by atoms with Gasteiger partial charge in [0.05, 0.1) is 12.0 Å². The van der Waals surface area contributed by atoms with E-state index in [0.717, 1.165) is 12.5 Å². The second-order valence-corrected chi connectivity index (χ2v) is 5.38. The molecule has 1 saturated heterocycles. The van der Waals surface area contributed by atoms with Crippen molar-refractivity contribution in [3.05, 3.63) is 0 Å². The highest BCUT2D eigenvalue weighted by atomic mass is 15.2. The molecule has 0 amide bonds. The predicted octanol–water partition coefficient (Wildman–Crippen LogP) is 3.33. The highest BCUT2D eigenvalue weighted by Gasteiger charge is 2.35. The van der Waals surface area contributed by atoms with E-state index in [4.69, 9.17) is 0 Å². The molecule has 90 valence electrons. The van der Waals surface area contributed by atoms with Crippen molar-refractivity contribution in [2.45, 2.75) is 70.4 Å². The number of hydrogen-bond donors (Lipinski definition) is 0. The second-order valence-electron chi connectivity index (χ2n) is 5.38. The number of nitrogens with zero attached hydrogens (tertiary/aromatic N) is 2. The summed E-state index contributed by atoms with van der Waals surface area (Å²) in [7, 11) is 0. The fourth-order valence-electron chi connectivity index (χ4n) is 3.56. The Labute approximate surface area is 99.6 Å². The van der Waals surface area contributed by atoms with E-state index < -0.39 is 0 Å². The van der Waals surface area contributed by atoms with Gasteiger partial charge in [-0.15, -0.1) is 0 Å². The Hall–Kier alpha value is -0.550. The van der Waals surface area contributed by atoms with Gasteiger partial charge in [-0.1, -0.05) is 26.2 Å². The molecule has 2 rings (SSSR count). The van der Waals surface area contributed by atoms with Gasteiger partial charge in [-0.2, -0.15) is 5.26 Å². The molecule has 0 aromatic carbocycles. The molecule has 0 bridgehead atoms. The zero-order valence-electron chi connectivity index (χ0n) is 10.5. The molecule has 16 heavy (non-hydrogen) atoms. The minimum Gasteiger partial charge on any atom is -0.296 e. The third kappa shape index (κ3) is 2.40. The van der Waals surface area contributed by atoms with Crippen molar-refractivity contribution in [2.24, 2.45) is 5.92 Å². The van der Waals surface area contributed by atoms with Gasteiger partial charge < -0.3 is 0 Å². The fourth-order valence-corrected chi connectivity index (χ4v) is 3.56. The topological polar surface area (TPSA) is 27.0 Å². The van der Waals surface area contributed by atoms with Crippen LogP contribution in [-0.2, 0) is 0 Å². The summed E-state index contributed by atoms with van der Waals surface area (Å²) in [5.41, 5.74) is 0. The zero-order valence-corrected chi connectivity index (χ0v) is 10.5. The van der Waals surface area contributed by atoms with E-state index in [1.165, 1.54) is 51.5 Å². The molecule has 3 unspecified atom stereocenters. The van der Waals surface area contributed by atoms with E-state index in [1.807, 2.05) is 0 Å². The summed E-state index contributed by atoms with van der Waals surface area (Å²) in [6.45, 7) is 3.54. The van der Waals surface area contributed by atoms with Crippen LogP contribution in [0.3, 0.4) is 0 Å². The van der Waals surface area contributed by atoms with E-state index in [9.17, 15) is 5.26 Å². The Morgan fingerprint density at radius 3 is 2.75 bits per heavy atom. The fraction of sp³-hybridized carbons (Fsp3) is 0.929. The minimum atomic E-state index is 0.312. The molecule has 0 aromatic rings. The summed E-state index contributed by atoms with van der Waals surface area (Å²) >= 11 is 0. The highest BCUT2D eigenvalue weighted by Crippen LogP contribution is 2.33. The number of rotatable bonds is 2. The molecule has 1 saturated carbocycles. The first kappa shape index (κ1) is 11.9. The Morgan fingerprint density at radius 2 is 2.00 bits per heavy atom. The molecule has 2 aliphatic rings. The van der Waals surface area contributed by atoms with Gasteiger partial charge in [-0.25, -0.2) is 0 Å². The van der Waals surface area contributed by atoms with Gasteiger partial charge in [0.2, 0.25) is 0 Å². The predicted molar refractivity (Wildman–Crippen MR) is 66.0 cm³/mol. The lowest BCUT2D eigenvalue weighted by atomic mass is 9.99. The summed E-state index contributed by atoms with van der Waals surface area (Å²) in [5, 5.41) is 9.22. The molecule has 2 nitrogen and oxygen atoms in total. The first-order valence-corrected chi connectivity index (χ1v) is 7.02. The van der Waals surface area contributed by atoms with Crippen LogP contribution in [0.4, 0.5) is 0 Å². The highest BCUT2D eigenvalue weighted by molar-refractivity contribution is 4.99. The van der Waals surface area contributed by atoms with Crippen molar-refractivity contribution in [1.82, 2.24) is 4.90 Å². The smallest absolute Gasteiger partial charge is 0.0672 e. The van der Waals surface area contributed by atoms with Crippen LogP contribution in [0.2, 0.25) is 0 Å². The van der Waals surface area contributed by atoms with Crippen LogP contribution < -0.4 is 0 Å². The minimum absolute atomic E-state index is 0.312. The molecule has 1 heterocycles. The van der Waals surface area contributed by atoms with Crippen molar-refractivity contribution in [3.63, 3.8) is 0 Å². The number of hydrogen-bond acceptors (Lipinski definition) is 2. The molecule has 0 radical (unpaired) electrons. The van der Waals surface area contributed by atoms with Gasteiger partial charge in [0.15, 0.2) is 0 Å². The molecule has 0 spiro atoms. The Bertz CT molecular complexity index is 256. The van der Waals surface area contributed by atoms with Gasteiger partial charge in [-0.3, -0.25) is 4.90 Å². The first-order valence-electron chi connectivity index (χ1n) is 7.02. The third-order valence-electron chi connectivity index (χ3n) is 4.47. The van der Waals surface area contributed by atoms with Gasteiger partial charge in [0.25, 0.3) is 0 Å². The van der Waals surface area contributed by atoms with Crippen LogP contribution in [0.5, 0.6) is 0 Å². The summed E-state index contributed by atoms with van der Waals surface area (Å²) in [4.78, 5) is 2.69. The first-order chi connectivity index (χ1) is 7.86.